The van der Waals surface area contributed by atoms with Crippen molar-refractivity contribution in [3.05, 3.63) is 18.0 Å². The maximum atomic E-state index is 10.5. The molecule has 0 spiro atoms. The monoisotopic (exact) mass is 150 g/mol. The summed E-state index contributed by atoms with van der Waals surface area (Å²) in [6.45, 7) is 0.895. The Balaban J connectivity index is 2.24. The molecule has 3 heteroatoms. The molecule has 0 aliphatic carbocycles. The zero-order valence-electron chi connectivity index (χ0n) is 6.23. The van der Waals surface area contributed by atoms with Crippen LogP contribution in [0.2, 0.25) is 0 Å². The van der Waals surface area contributed by atoms with Crippen LogP contribution in [0.15, 0.2) is 12.3 Å². The smallest absolute Gasteiger partial charge is 0.123 e. The van der Waals surface area contributed by atoms with E-state index >= 15 is 0 Å². The second-order valence-electron chi connectivity index (χ2n) is 2.93. The summed E-state index contributed by atoms with van der Waals surface area (Å²) in [5.74, 6) is 0.221. The highest BCUT2D eigenvalue weighted by Gasteiger charge is 2.17. The molecule has 2 heterocycles. The average molecular weight is 150 g/mol. The van der Waals surface area contributed by atoms with Crippen LogP contribution in [-0.2, 0) is 17.8 Å². The van der Waals surface area contributed by atoms with Gasteiger partial charge in [-0.3, -0.25) is 4.68 Å². The van der Waals surface area contributed by atoms with Crippen LogP contribution in [0, 0.1) is 5.92 Å². The summed E-state index contributed by atoms with van der Waals surface area (Å²) in [6, 6.07) is 1.98. The fourth-order valence-electron chi connectivity index (χ4n) is 1.51. The number of aryl methyl sites for hydroxylation is 1. The molecule has 1 aliphatic rings. The van der Waals surface area contributed by atoms with E-state index in [1.165, 1.54) is 5.69 Å². The van der Waals surface area contributed by atoms with E-state index in [-0.39, 0.29) is 5.92 Å². The van der Waals surface area contributed by atoms with Crippen molar-refractivity contribution >= 4 is 6.29 Å². The van der Waals surface area contributed by atoms with Crippen molar-refractivity contribution in [2.45, 2.75) is 19.4 Å². The van der Waals surface area contributed by atoms with E-state index in [9.17, 15) is 4.79 Å². The second-order valence-corrected chi connectivity index (χ2v) is 2.93. The zero-order valence-corrected chi connectivity index (χ0v) is 6.23. The van der Waals surface area contributed by atoms with Crippen molar-refractivity contribution < 1.29 is 4.79 Å². The standard InChI is InChI=1S/C8H10N2O/c11-6-7-2-4-10-8(5-7)1-3-9-10/h1,3,6-7H,2,4-5H2. The number of carbonyl (C=O) groups excluding carboxylic acids is 1. The Morgan fingerprint density at radius 1 is 1.73 bits per heavy atom. The Labute approximate surface area is 65.0 Å². The van der Waals surface area contributed by atoms with E-state index in [0.29, 0.717) is 0 Å². The molecule has 0 fully saturated rings. The van der Waals surface area contributed by atoms with Gasteiger partial charge in [0.15, 0.2) is 0 Å². The predicted octanol–water partition coefficient (Wildman–Crippen LogP) is 0.644. The lowest BCUT2D eigenvalue weighted by atomic mass is 9.98. The second kappa shape index (κ2) is 2.49. The van der Waals surface area contributed by atoms with E-state index < -0.39 is 0 Å². The molecule has 0 saturated heterocycles. The number of aldehydes is 1. The molecule has 0 saturated carbocycles. The van der Waals surface area contributed by atoms with Gasteiger partial charge in [0.05, 0.1) is 0 Å². The van der Waals surface area contributed by atoms with Gasteiger partial charge in [0.2, 0.25) is 0 Å². The Morgan fingerprint density at radius 3 is 3.45 bits per heavy atom. The fraction of sp³-hybridized carbons (Fsp3) is 0.500. The fourth-order valence-corrected chi connectivity index (χ4v) is 1.51. The third kappa shape index (κ3) is 1.06. The highest BCUT2D eigenvalue weighted by molar-refractivity contribution is 5.54. The van der Waals surface area contributed by atoms with Crippen molar-refractivity contribution in [1.82, 2.24) is 9.78 Å². The first kappa shape index (κ1) is 6.58. The number of rotatable bonds is 1. The molecule has 0 bridgehead atoms. The maximum absolute atomic E-state index is 10.5. The SMILES string of the molecule is O=CC1CCn2nccc2C1. The van der Waals surface area contributed by atoms with Gasteiger partial charge in [-0.15, -0.1) is 0 Å². The van der Waals surface area contributed by atoms with Crippen LogP contribution in [0.25, 0.3) is 0 Å². The van der Waals surface area contributed by atoms with Gasteiger partial charge in [0.1, 0.15) is 6.29 Å². The predicted molar refractivity (Wildman–Crippen MR) is 40.1 cm³/mol. The first-order valence-electron chi connectivity index (χ1n) is 3.86. The van der Waals surface area contributed by atoms with Crippen molar-refractivity contribution in [3.8, 4) is 0 Å². The van der Waals surface area contributed by atoms with E-state index in [1.54, 1.807) is 6.20 Å². The van der Waals surface area contributed by atoms with Gasteiger partial charge < -0.3 is 4.79 Å². The number of fused-ring (bicyclic) bond motifs is 1. The maximum Gasteiger partial charge on any atom is 0.123 e. The summed E-state index contributed by atoms with van der Waals surface area (Å²) in [6.07, 6.45) is 4.65. The van der Waals surface area contributed by atoms with Crippen molar-refractivity contribution in [3.63, 3.8) is 0 Å². The molecule has 0 aromatic carbocycles. The van der Waals surface area contributed by atoms with Gasteiger partial charge in [-0.1, -0.05) is 0 Å². The molecule has 58 valence electrons. The Hall–Kier alpha value is -1.12. The van der Waals surface area contributed by atoms with E-state index in [4.69, 9.17) is 0 Å². The van der Waals surface area contributed by atoms with Crippen LogP contribution in [0.4, 0.5) is 0 Å². The molecule has 1 aromatic rings. The summed E-state index contributed by atoms with van der Waals surface area (Å²) in [5.41, 5.74) is 1.19. The third-order valence-corrected chi connectivity index (χ3v) is 2.18. The van der Waals surface area contributed by atoms with Crippen LogP contribution in [0.1, 0.15) is 12.1 Å². The summed E-state index contributed by atoms with van der Waals surface area (Å²) in [5, 5.41) is 4.13. The molecule has 1 aromatic heterocycles. The highest BCUT2D eigenvalue weighted by atomic mass is 16.1. The largest absolute Gasteiger partial charge is 0.303 e. The molecule has 0 amide bonds. The molecule has 11 heavy (non-hydrogen) atoms. The zero-order chi connectivity index (χ0) is 7.68. The highest BCUT2D eigenvalue weighted by Crippen LogP contribution is 2.17. The van der Waals surface area contributed by atoms with Crippen LogP contribution in [0.5, 0.6) is 0 Å². The molecule has 0 N–H and O–H groups in total. The van der Waals surface area contributed by atoms with Crippen molar-refractivity contribution in [1.29, 1.82) is 0 Å². The molecule has 3 nitrogen and oxygen atoms in total. The average Bonchev–Trinajstić information content (AvgIpc) is 2.50. The number of hydrogen-bond acceptors (Lipinski definition) is 2. The first-order chi connectivity index (χ1) is 5.40. The molecular weight excluding hydrogens is 140 g/mol. The lowest BCUT2D eigenvalue weighted by Gasteiger charge is -2.17. The minimum atomic E-state index is 0.221. The number of aromatic nitrogens is 2. The summed E-state index contributed by atoms with van der Waals surface area (Å²) >= 11 is 0. The number of nitrogens with zero attached hydrogens (tertiary/aromatic N) is 2. The Morgan fingerprint density at radius 2 is 2.64 bits per heavy atom. The summed E-state index contributed by atoms with van der Waals surface area (Å²) < 4.78 is 1.97. The Kier molecular flexibility index (Phi) is 1.49. The van der Waals surface area contributed by atoms with Gasteiger partial charge in [-0.2, -0.15) is 5.10 Å². The van der Waals surface area contributed by atoms with E-state index in [2.05, 4.69) is 5.10 Å². The van der Waals surface area contributed by atoms with Gasteiger partial charge >= 0.3 is 0 Å². The number of hydrogen-bond donors (Lipinski definition) is 0. The third-order valence-electron chi connectivity index (χ3n) is 2.18. The van der Waals surface area contributed by atoms with E-state index in [1.807, 2.05) is 10.7 Å². The lowest BCUT2D eigenvalue weighted by molar-refractivity contribution is -0.111. The molecule has 0 radical (unpaired) electrons. The van der Waals surface area contributed by atoms with Gasteiger partial charge in [-0.25, -0.2) is 0 Å². The normalized spacial score (nSPS) is 22.7. The summed E-state index contributed by atoms with van der Waals surface area (Å²) in [4.78, 5) is 10.5. The van der Waals surface area contributed by atoms with Gasteiger partial charge in [0.25, 0.3) is 0 Å². The van der Waals surface area contributed by atoms with Crippen LogP contribution in [0.3, 0.4) is 0 Å². The molecule has 1 atom stereocenters. The topological polar surface area (TPSA) is 34.9 Å². The minimum Gasteiger partial charge on any atom is -0.303 e. The Bertz CT molecular complexity index is 267. The van der Waals surface area contributed by atoms with Gasteiger partial charge in [-0.05, 0) is 18.9 Å². The number of carbonyl (C=O) groups is 1. The van der Waals surface area contributed by atoms with Crippen LogP contribution < -0.4 is 0 Å². The van der Waals surface area contributed by atoms with Crippen molar-refractivity contribution in [2.75, 3.05) is 0 Å². The molecular formula is C8H10N2O. The van der Waals surface area contributed by atoms with Crippen molar-refractivity contribution in [2.24, 2.45) is 5.92 Å². The van der Waals surface area contributed by atoms with Gasteiger partial charge in [0, 0.05) is 24.4 Å². The molecule has 1 aliphatic heterocycles. The quantitative estimate of drug-likeness (QED) is 0.551. The molecule has 1 unspecified atom stereocenters. The van der Waals surface area contributed by atoms with Crippen LogP contribution >= 0.6 is 0 Å². The lowest BCUT2D eigenvalue weighted by Crippen LogP contribution is -2.20. The molecule has 2 rings (SSSR count). The minimum absolute atomic E-state index is 0.221. The van der Waals surface area contributed by atoms with E-state index in [0.717, 1.165) is 25.7 Å². The first-order valence-corrected chi connectivity index (χ1v) is 3.86. The van der Waals surface area contributed by atoms with Crippen LogP contribution in [-0.4, -0.2) is 16.1 Å². The summed E-state index contributed by atoms with van der Waals surface area (Å²) in [7, 11) is 0.